The van der Waals surface area contributed by atoms with Gasteiger partial charge in [0, 0.05) is 51.0 Å². The van der Waals surface area contributed by atoms with Crippen molar-refractivity contribution in [2.24, 2.45) is 0 Å². The van der Waals surface area contributed by atoms with Crippen molar-refractivity contribution in [3.05, 3.63) is 53.6 Å². The number of hydrogen-bond acceptors (Lipinski definition) is 4. The highest BCUT2D eigenvalue weighted by atomic mass is 16.5. The summed E-state index contributed by atoms with van der Waals surface area (Å²) in [6.45, 7) is 5.06. The molecule has 6 nitrogen and oxygen atoms in total. The zero-order valence-electron chi connectivity index (χ0n) is 17.1. The zero-order valence-corrected chi connectivity index (χ0v) is 17.1. The Balaban J connectivity index is 1.31. The number of aryl methyl sites for hydroxylation is 2. The number of rotatable bonds is 4. The topological polar surface area (TPSA) is 53.1 Å². The van der Waals surface area contributed by atoms with Gasteiger partial charge >= 0.3 is 0 Å². The van der Waals surface area contributed by atoms with E-state index in [2.05, 4.69) is 17.0 Å². The number of carbonyl (C=O) groups is 2. The third-order valence-corrected chi connectivity index (χ3v) is 5.79. The number of fused-ring (bicyclic) bond motifs is 1. The molecule has 29 heavy (non-hydrogen) atoms. The molecule has 0 aromatic heterocycles. The summed E-state index contributed by atoms with van der Waals surface area (Å²) in [5.74, 6) is 0.918. The Hall–Kier alpha value is -3.02. The minimum atomic E-state index is 0.0239. The average Bonchev–Trinajstić information content (AvgIpc) is 2.75. The maximum atomic E-state index is 12.5. The van der Waals surface area contributed by atoms with Gasteiger partial charge in [-0.1, -0.05) is 17.7 Å². The predicted octanol–water partition coefficient (Wildman–Crippen LogP) is 2.63. The Labute approximate surface area is 171 Å². The standard InChI is InChI=1S/C23H27N3O3/c1-17-3-7-20(8-4-17)29-16-23(28)26-13-11-25(12-14-26)19-6-9-21-18(15-19)5-10-22(27)24(21)2/h3-4,6-9,15H,5,10-14,16H2,1-2H3. The van der Waals surface area contributed by atoms with Crippen molar-refractivity contribution in [2.75, 3.05) is 49.6 Å². The van der Waals surface area contributed by atoms with Crippen LogP contribution < -0.4 is 14.5 Å². The van der Waals surface area contributed by atoms with Crippen molar-refractivity contribution in [1.29, 1.82) is 0 Å². The Morgan fingerprint density at radius 2 is 1.72 bits per heavy atom. The number of nitrogens with zero attached hydrogens (tertiary/aromatic N) is 3. The van der Waals surface area contributed by atoms with Gasteiger partial charge < -0.3 is 19.4 Å². The highest BCUT2D eigenvalue weighted by molar-refractivity contribution is 5.96. The summed E-state index contributed by atoms with van der Waals surface area (Å²) in [4.78, 5) is 30.3. The fourth-order valence-electron chi connectivity index (χ4n) is 3.92. The number of carbonyl (C=O) groups excluding carboxylic acids is 2. The van der Waals surface area contributed by atoms with E-state index in [9.17, 15) is 9.59 Å². The maximum Gasteiger partial charge on any atom is 0.260 e. The number of piperazine rings is 1. The first kappa shape index (κ1) is 19.3. The normalized spacial score (nSPS) is 16.6. The number of ether oxygens (including phenoxy) is 1. The molecule has 0 radical (unpaired) electrons. The highest BCUT2D eigenvalue weighted by Gasteiger charge is 2.24. The summed E-state index contributed by atoms with van der Waals surface area (Å²) in [5, 5.41) is 0. The summed E-state index contributed by atoms with van der Waals surface area (Å²) in [7, 11) is 1.84. The van der Waals surface area contributed by atoms with Gasteiger partial charge in [0.2, 0.25) is 5.91 Å². The SMILES string of the molecule is Cc1ccc(OCC(=O)N2CCN(c3ccc4c(c3)CCC(=O)N4C)CC2)cc1. The molecule has 4 rings (SSSR count). The van der Waals surface area contributed by atoms with Crippen LogP contribution in [0.25, 0.3) is 0 Å². The summed E-state index contributed by atoms with van der Waals surface area (Å²) < 4.78 is 5.63. The lowest BCUT2D eigenvalue weighted by Crippen LogP contribution is -2.50. The summed E-state index contributed by atoms with van der Waals surface area (Å²) >= 11 is 0. The molecule has 6 heteroatoms. The molecular formula is C23H27N3O3. The molecule has 0 N–H and O–H groups in total. The zero-order chi connectivity index (χ0) is 20.4. The maximum absolute atomic E-state index is 12.5. The minimum Gasteiger partial charge on any atom is -0.484 e. The van der Waals surface area contributed by atoms with Crippen LogP contribution in [0.15, 0.2) is 42.5 Å². The second-order valence-corrected chi connectivity index (χ2v) is 7.74. The van der Waals surface area contributed by atoms with Crippen molar-refractivity contribution in [2.45, 2.75) is 19.8 Å². The lowest BCUT2D eigenvalue weighted by Gasteiger charge is -2.37. The summed E-state index contributed by atoms with van der Waals surface area (Å²) in [6.07, 6.45) is 1.36. The van der Waals surface area contributed by atoms with E-state index in [4.69, 9.17) is 4.74 Å². The molecule has 2 heterocycles. The first-order valence-corrected chi connectivity index (χ1v) is 10.1. The number of benzene rings is 2. The van der Waals surface area contributed by atoms with Gasteiger partial charge in [0.1, 0.15) is 5.75 Å². The van der Waals surface area contributed by atoms with E-state index in [1.807, 2.05) is 49.2 Å². The van der Waals surface area contributed by atoms with E-state index in [0.29, 0.717) is 19.5 Å². The fourth-order valence-corrected chi connectivity index (χ4v) is 3.92. The molecule has 2 aliphatic rings. The molecule has 0 unspecified atom stereocenters. The third-order valence-electron chi connectivity index (χ3n) is 5.79. The molecule has 1 saturated heterocycles. The number of hydrogen-bond donors (Lipinski definition) is 0. The van der Waals surface area contributed by atoms with Gasteiger partial charge in [-0.05, 0) is 49.2 Å². The molecule has 0 spiro atoms. The first-order valence-electron chi connectivity index (χ1n) is 10.1. The van der Waals surface area contributed by atoms with E-state index < -0.39 is 0 Å². The van der Waals surface area contributed by atoms with E-state index in [0.717, 1.165) is 36.6 Å². The molecule has 0 saturated carbocycles. The minimum absolute atomic E-state index is 0.0239. The van der Waals surface area contributed by atoms with Crippen LogP contribution in [0, 0.1) is 6.92 Å². The fraction of sp³-hybridized carbons (Fsp3) is 0.391. The molecule has 0 atom stereocenters. The second kappa shape index (κ2) is 8.15. The lowest BCUT2D eigenvalue weighted by atomic mass is 10.0. The number of amides is 2. The monoisotopic (exact) mass is 393 g/mol. The van der Waals surface area contributed by atoms with Crippen molar-refractivity contribution in [1.82, 2.24) is 4.90 Å². The van der Waals surface area contributed by atoms with Gasteiger partial charge in [0.25, 0.3) is 5.91 Å². The van der Waals surface area contributed by atoms with Crippen LogP contribution in [-0.2, 0) is 16.0 Å². The molecule has 2 aliphatic heterocycles. The van der Waals surface area contributed by atoms with Crippen LogP contribution in [0.2, 0.25) is 0 Å². The Kier molecular flexibility index (Phi) is 5.43. The predicted molar refractivity (Wildman–Crippen MR) is 114 cm³/mol. The third kappa shape index (κ3) is 4.21. The molecule has 2 aromatic rings. The quantitative estimate of drug-likeness (QED) is 0.801. The molecule has 0 bridgehead atoms. The van der Waals surface area contributed by atoms with Gasteiger partial charge in [-0.15, -0.1) is 0 Å². The smallest absolute Gasteiger partial charge is 0.260 e. The van der Waals surface area contributed by atoms with Gasteiger partial charge in [-0.3, -0.25) is 9.59 Å². The molecular weight excluding hydrogens is 366 g/mol. The van der Waals surface area contributed by atoms with Crippen LogP contribution in [-0.4, -0.2) is 56.5 Å². The van der Waals surface area contributed by atoms with Gasteiger partial charge in [-0.2, -0.15) is 0 Å². The van der Waals surface area contributed by atoms with E-state index in [1.165, 1.54) is 11.1 Å². The van der Waals surface area contributed by atoms with Crippen molar-refractivity contribution < 1.29 is 14.3 Å². The number of anilines is 2. The summed E-state index contributed by atoms with van der Waals surface area (Å²) in [5.41, 5.74) is 4.55. The van der Waals surface area contributed by atoms with Crippen LogP contribution in [0.1, 0.15) is 17.5 Å². The van der Waals surface area contributed by atoms with Gasteiger partial charge in [-0.25, -0.2) is 0 Å². The Morgan fingerprint density at radius 3 is 2.45 bits per heavy atom. The van der Waals surface area contributed by atoms with Crippen LogP contribution in [0.4, 0.5) is 11.4 Å². The van der Waals surface area contributed by atoms with Gasteiger partial charge in [0.05, 0.1) is 0 Å². The Morgan fingerprint density at radius 1 is 1.00 bits per heavy atom. The molecule has 2 amide bonds. The van der Waals surface area contributed by atoms with E-state index in [-0.39, 0.29) is 18.4 Å². The first-order chi connectivity index (χ1) is 14.0. The Bertz CT molecular complexity index is 902. The second-order valence-electron chi connectivity index (χ2n) is 7.74. The molecule has 0 aliphatic carbocycles. The van der Waals surface area contributed by atoms with Crippen molar-refractivity contribution in [3.63, 3.8) is 0 Å². The molecule has 152 valence electrons. The van der Waals surface area contributed by atoms with Crippen LogP contribution >= 0.6 is 0 Å². The summed E-state index contributed by atoms with van der Waals surface area (Å²) in [6, 6.07) is 14.0. The highest BCUT2D eigenvalue weighted by Crippen LogP contribution is 2.31. The molecule has 1 fully saturated rings. The van der Waals surface area contributed by atoms with E-state index >= 15 is 0 Å². The van der Waals surface area contributed by atoms with Crippen molar-refractivity contribution >= 4 is 23.2 Å². The largest absolute Gasteiger partial charge is 0.484 e. The van der Waals surface area contributed by atoms with Gasteiger partial charge in [0.15, 0.2) is 6.61 Å². The lowest BCUT2D eigenvalue weighted by molar-refractivity contribution is -0.133. The van der Waals surface area contributed by atoms with Crippen LogP contribution in [0.5, 0.6) is 5.75 Å². The van der Waals surface area contributed by atoms with Crippen molar-refractivity contribution in [3.8, 4) is 5.75 Å². The average molecular weight is 393 g/mol. The van der Waals surface area contributed by atoms with E-state index in [1.54, 1.807) is 4.90 Å². The van der Waals surface area contributed by atoms with Crippen LogP contribution in [0.3, 0.4) is 0 Å². The molecule has 2 aromatic carbocycles.